The second-order valence-electron chi connectivity index (χ2n) is 9.44. The maximum Gasteiger partial charge on any atom is 0.320 e. The van der Waals surface area contributed by atoms with E-state index in [-0.39, 0.29) is 29.6 Å². The molecule has 1 N–H and O–H groups in total. The fourth-order valence-electron chi connectivity index (χ4n) is 4.95. The summed E-state index contributed by atoms with van der Waals surface area (Å²) in [4.78, 5) is 30.2. The van der Waals surface area contributed by atoms with Crippen LogP contribution >= 0.6 is 11.3 Å². The lowest BCUT2D eigenvalue weighted by molar-refractivity contribution is 0.0449. The summed E-state index contributed by atoms with van der Waals surface area (Å²) >= 11 is 1.46. The van der Waals surface area contributed by atoms with Crippen molar-refractivity contribution in [2.24, 2.45) is 5.92 Å². The molecule has 2 aromatic heterocycles. The minimum Gasteiger partial charge on any atom is -0.378 e. The van der Waals surface area contributed by atoms with Crippen LogP contribution in [-0.4, -0.2) is 70.9 Å². The van der Waals surface area contributed by atoms with Gasteiger partial charge in [-0.3, -0.25) is 4.79 Å². The number of hydrogen-bond acceptors (Lipinski definition) is 6. The summed E-state index contributed by atoms with van der Waals surface area (Å²) in [5, 5.41) is 11.8. The summed E-state index contributed by atoms with van der Waals surface area (Å²) in [5.74, 6) is 0.326. The number of benzene rings is 1. The Morgan fingerprint density at radius 1 is 1.14 bits per heavy atom. The first-order valence-electron chi connectivity index (χ1n) is 12.2. The Morgan fingerprint density at radius 2 is 1.89 bits per heavy atom. The number of likely N-dealkylation sites (tertiary alicyclic amines) is 1. The molecular formula is C26H30FN5O3S. The highest BCUT2D eigenvalue weighted by atomic mass is 32.1. The number of thiophene rings is 1. The molecule has 0 spiro atoms. The molecule has 0 aliphatic carbocycles. The third kappa shape index (κ3) is 4.87. The molecule has 10 heteroatoms. The Bertz CT molecular complexity index is 1220. The van der Waals surface area contributed by atoms with Crippen molar-refractivity contribution in [2.45, 2.75) is 26.3 Å². The molecule has 2 aliphatic heterocycles. The van der Waals surface area contributed by atoms with Gasteiger partial charge < -0.3 is 19.9 Å². The van der Waals surface area contributed by atoms with Gasteiger partial charge in [0.2, 0.25) is 0 Å². The highest BCUT2D eigenvalue weighted by molar-refractivity contribution is 7.08. The van der Waals surface area contributed by atoms with E-state index in [4.69, 9.17) is 9.84 Å². The number of nitrogens with zero attached hydrogens (tertiary/aromatic N) is 4. The number of ether oxygens (including phenoxy) is 1. The number of aromatic nitrogens is 2. The van der Waals surface area contributed by atoms with E-state index in [2.05, 4.69) is 12.2 Å². The summed E-state index contributed by atoms with van der Waals surface area (Å²) in [5.41, 5.74) is 3.18. The molecule has 2 saturated heterocycles. The summed E-state index contributed by atoms with van der Waals surface area (Å²) < 4.78 is 20.2. The van der Waals surface area contributed by atoms with E-state index in [0.717, 1.165) is 16.8 Å². The molecule has 0 saturated carbocycles. The van der Waals surface area contributed by atoms with Crippen LogP contribution in [0.5, 0.6) is 0 Å². The monoisotopic (exact) mass is 511 g/mol. The van der Waals surface area contributed by atoms with Gasteiger partial charge in [-0.05, 0) is 42.0 Å². The first-order chi connectivity index (χ1) is 17.4. The van der Waals surface area contributed by atoms with Gasteiger partial charge in [0.25, 0.3) is 5.91 Å². The summed E-state index contributed by atoms with van der Waals surface area (Å²) in [7, 11) is 0. The smallest absolute Gasteiger partial charge is 0.320 e. The third-order valence-electron chi connectivity index (χ3n) is 7.01. The van der Waals surface area contributed by atoms with Gasteiger partial charge in [0.15, 0.2) is 0 Å². The molecule has 2 fully saturated rings. The van der Waals surface area contributed by atoms with Crippen molar-refractivity contribution in [2.75, 3.05) is 44.7 Å². The van der Waals surface area contributed by atoms with Crippen molar-refractivity contribution < 1.29 is 18.7 Å². The number of carbonyl (C=O) groups excluding carboxylic acids is 2. The van der Waals surface area contributed by atoms with Crippen molar-refractivity contribution in [3.63, 3.8) is 0 Å². The fraction of sp³-hybridized carbons (Fsp3) is 0.423. The second kappa shape index (κ2) is 10.4. The number of anilines is 1. The van der Waals surface area contributed by atoms with Gasteiger partial charge in [0, 0.05) is 49.6 Å². The zero-order valence-corrected chi connectivity index (χ0v) is 21.3. The van der Waals surface area contributed by atoms with E-state index in [1.165, 1.54) is 28.2 Å². The van der Waals surface area contributed by atoms with Gasteiger partial charge in [0.1, 0.15) is 11.6 Å². The number of amides is 2. The first-order valence-corrected chi connectivity index (χ1v) is 13.1. The standard InChI is InChI=1S/C26H30FN5O3S/c1-17-14-31(26(34)30-8-10-35-11-9-30)15-22(17)23-18(2)24(28-13-19-3-5-21(27)6-4-19)32(29-23)25(33)20-7-12-36-16-20/h3-7,12,16-17,22,28H,8-11,13-15H2,1-2H3. The van der Waals surface area contributed by atoms with E-state index in [9.17, 15) is 14.0 Å². The minimum absolute atomic E-state index is 0.0119. The Kier molecular flexibility index (Phi) is 7.06. The molecule has 0 bridgehead atoms. The van der Waals surface area contributed by atoms with Crippen molar-refractivity contribution in [3.05, 3.63) is 69.3 Å². The highest BCUT2D eigenvalue weighted by Gasteiger charge is 2.38. The van der Waals surface area contributed by atoms with Crippen LogP contribution < -0.4 is 5.32 Å². The molecule has 190 valence electrons. The quantitative estimate of drug-likeness (QED) is 0.556. The van der Waals surface area contributed by atoms with E-state index in [1.807, 2.05) is 27.5 Å². The van der Waals surface area contributed by atoms with Crippen LogP contribution in [0, 0.1) is 18.7 Å². The molecule has 2 amide bonds. The lowest BCUT2D eigenvalue weighted by Gasteiger charge is -2.31. The number of morpholine rings is 1. The lowest BCUT2D eigenvalue weighted by atomic mass is 9.92. The highest BCUT2D eigenvalue weighted by Crippen LogP contribution is 2.36. The maximum absolute atomic E-state index is 13.4. The van der Waals surface area contributed by atoms with Crippen LogP contribution in [0.3, 0.4) is 0 Å². The van der Waals surface area contributed by atoms with Gasteiger partial charge in [-0.15, -0.1) is 0 Å². The second-order valence-corrected chi connectivity index (χ2v) is 10.2. The zero-order valence-electron chi connectivity index (χ0n) is 20.4. The van der Waals surface area contributed by atoms with Crippen LogP contribution in [-0.2, 0) is 11.3 Å². The Labute approximate surface area is 213 Å². The molecule has 2 atom stereocenters. The van der Waals surface area contributed by atoms with Crippen LogP contribution in [0.1, 0.15) is 40.0 Å². The summed E-state index contributed by atoms with van der Waals surface area (Å²) in [6.45, 7) is 8.05. The van der Waals surface area contributed by atoms with Crippen LogP contribution in [0.15, 0.2) is 41.1 Å². The van der Waals surface area contributed by atoms with Gasteiger partial charge in [-0.1, -0.05) is 19.1 Å². The number of halogens is 1. The topological polar surface area (TPSA) is 79.7 Å². The SMILES string of the molecule is Cc1c(C2CN(C(=O)N3CCOCC3)CC2C)nn(C(=O)c2ccsc2)c1NCc1ccc(F)cc1. The minimum atomic E-state index is -0.290. The van der Waals surface area contributed by atoms with Crippen molar-refractivity contribution in [3.8, 4) is 0 Å². The average Bonchev–Trinajstić information content (AvgIpc) is 3.63. The predicted molar refractivity (Wildman–Crippen MR) is 136 cm³/mol. The van der Waals surface area contributed by atoms with Gasteiger partial charge in [-0.2, -0.15) is 21.1 Å². The molecule has 1 aromatic carbocycles. The molecule has 0 radical (unpaired) electrons. The Hall–Kier alpha value is -3.24. The zero-order chi connectivity index (χ0) is 25.2. The van der Waals surface area contributed by atoms with Crippen molar-refractivity contribution in [1.29, 1.82) is 0 Å². The van der Waals surface area contributed by atoms with Crippen LogP contribution in [0.25, 0.3) is 0 Å². The molecule has 36 heavy (non-hydrogen) atoms. The lowest BCUT2D eigenvalue weighted by Crippen LogP contribution is -2.47. The number of hydrogen-bond donors (Lipinski definition) is 1. The van der Waals surface area contributed by atoms with Crippen LogP contribution in [0.2, 0.25) is 0 Å². The third-order valence-corrected chi connectivity index (χ3v) is 7.69. The summed E-state index contributed by atoms with van der Waals surface area (Å²) in [6, 6.07) is 8.09. The molecule has 5 rings (SSSR count). The molecule has 3 aromatic rings. The van der Waals surface area contributed by atoms with Gasteiger partial charge in [0.05, 0.1) is 24.5 Å². The van der Waals surface area contributed by atoms with E-state index in [1.54, 1.807) is 18.2 Å². The number of carbonyl (C=O) groups is 2. The van der Waals surface area contributed by atoms with Crippen molar-refractivity contribution >= 4 is 29.1 Å². The number of nitrogens with one attached hydrogen (secondary N) is 1. The summed E-state index contributed by atoms with van der Waals surface area (Å²) in [6.07, 6.45) is 0. The number of urea groups is 1. The Balaban J connectivity index is 1.42. The van der Waals surface area contributed by atoms with E-state index >= 15 is 0 Å². The predicted octanol–water partition coefficient (Wildman–Crippen LogP) is 4.18. The van der Waals surface area contributed by atoms with E-state index in [0.29, 0.717) is 57.3 Å². The number of rotatable bonds is 5. The van der Waals surface area contributed by atoms with E-state index < -0.39 is 0 Å². The average molecular weight is 512 g/mol. The van der Waals surface area contributed by atoms with Crippen LogP contribution in [0.4, 0.5) is 15.0 Å². The Morgan fingerprint density at radius 3 is 2.58 bits per heavy atom. The molecule has 2 aliphatic rings. The normalized spacial score (nSPS) is 20.1. The first kappa shape index (κ1) is 24.5. The maximum atomic E-state index is 13.4. The molecule has 8 nitrogen and oxygen atoms in total. The van der Waals surface area contributed by atoms with Crippen molar-refractivity contribution in [1.82, 2.24) is 19.6 Å². The van der Waals surface area contributed by atoms with Gasteiger partial charge in [-0.25, -0.2) is 9.18 Å². The molecular weight excluding hydrogens is 481 g/mol. The largest absolute Gasteiger partial charge is 0.378 e. The van der Waals surface area contributed by atoms with Gasteiger partial charge >= 0.3 is 6.03 Å². The molecule has 4 heterocycles. The molecule has 2 unspecified atom stereocenters. The fourth-order valence-corrected chi connectivity index (χ4v) is 5.58.